The van der Waals surface area contributed by atoms with Gasteiger partial charge >= 0.3 is 0 Å². The van der Waals surface area contributed by atoms with Crippen LogP contribution in [0.25, 0.3) is 17.0 Å². The van der Waals surface area contributed by atoms with Crippen molar-refractivity contribution in [1.82, 2.24) is 10.3 Å². The van der Waals surface area contributed by atoms with Gasteiger partial charge in [-0.25, -0.2) is 0 Å². The lowest BCUT2D eigenvalue weighted by atomic mass is 10.1. The van der Waals surface area contributed by atoms with Crippen LogP contribution in [0.2, 0.25) is 0 Å². The Hall–Kier alpha value is -2.96. The quantitative estimate of drug-likeness (QED) is 0.654. The smallest absolute Gasteiger partial charge is 0.286 e. The summed E-state index contributed by atoms with van der Waals surface area (Å²) in [6.45, 7) is -0.0423. The number of hydrogen-bond acceptors (Lipinski definition) is 5. The molecule has 0 radical (unpaired) electrons. The third-order valence-corrected chi connectivity index (χ3v) is 5.33. The van der Waals surface area contributed by atoms with E-state index in [0.29, 0.717) is 16.5 Å². The molecule has 1 atom stereocenters. The minimum absolute atomic E-state index is 0.0423. The predicted molar refractivity (Wildman–Crippen MR) is 114 cm³/mol. The zero-order valence-corrected chi connectivity index (χ0v) is 15.9. The van der Waals surface area contributed by atoms with Gasteiger partial charge in [-0.15, -0.1) is 0 Å². The Bertz CT molecular complexity index is 1060. The van der Waals surface area contributed by atoms with E-state index in [4.69, 9.17) is 0 Å². The van der Waals surface area contributed by atoms with Crippen LogP contribution in [0, 0.1) is 0 Å². The van der Waals surface area contributed by atoms with E-state index in [2.05, 4.69) is 15.3 Å². The van der Waals surface area contributed by atoms with Crippen molar-refractivity contribution in [2.45, 2.75) is 12.5 Å². The highest BCUT2D eigenvalue weighted by Crippen LogP contribution is 2.28. The summed E-state index contributed by atoms with van der Waals surface area (Å²) in [6, 6.07) is 19.5. The van der Waals surface area contributed by atoms with E-state index in [0.717, 1.165) is 22.0 Å². The van der Waals surface area contributed by atoms with E-state index in [-0.39, 0.29) is 18.6 Å². The Labute approximate surface area is 167 Å². The van der Waals surface area contributed by atoms with Crippen molar-refractivity contribution >= 4 is 39.8 Å². The second-order valence-corrected chi connectivity index (χ2v) is 7.53. The summed E-state index contributed by atoms with van der Waals surface area (Å²) in [6.07, 6.45) is 4.25. The molecule has 1 aliphatic rings. The SMILES string of the molecule is O=C1N=C(N[C@@H](CO)Cc2ccccc2)S/C1=C\c1ccc2ncccc2c1. The number of aromatic nitrogens is 1. The molecule has 0 unspecified atom stereocenters. The van der Waals surface area contributed by atoms with Crippen LogP contribution in [0.4, 0.5) is 0 Å². The van der Waals surface area contributed by atoms with Gasteiger partial charge in [0.25, 0.3) is 5.91 Å². The van der Waals surface area contributed by atoms with Crippen molar-refractivity contribution in [2.75, 3.05) is 6.61 Å². The highest BCUT2D eigenvalue weighted by Gasteiger charge is 2.23. The number of carbonyl (C=O) groups excluding carboxylic acids is 1. The van der Waals surface area contributed by atoms with Crippen LogP contribution < -0.4 is 5.32 Å². The predicted octanol–water partition coefficient (Wildman–Crippen LogP) is 3.40. The maximum absolute atomic E-state index is 12.3. The Morgan fingerprint density at radius 1 is 1.11 bits per heavy atom. The molecule has 0 bridgehead atoms. The molecule has 2 heterocycles. The Balaban J connectivity index is 1.46. The lowest BCUT2D eigenvalue weighted by molar-refractivity contribution is -0.113. The molecule has 3 aromatic rings. The maximum atomic E-state index is 12.3. The van der Waals surface area contributed by atoms with Crippen molar-refractivity contribution in [3.8, 4) is 0 Å². The number of aliphatic hydroxyl groups excluding tert-OH is 1. The Morgan fingerprint density at radius 3 is 2.79 bits per heavy atom. The normalized spacial score (nSPS) is 16.4. The van der Waals surface area contributed by atoms with Crippen LogP contribution in [0.15, 0.2) is 76.8 Å². The molecule has 6 heteroatoms. The number of pyridine rings is 1. The summed E-state index contributed by atoms with van der Waals surface area (Å²) in [5.74, 6) is -0.268. The summed E-state index contributed by atoms with van der Waals surface area (Å²) < 4.78 is 0. The van der Waals surface area contributed by atoms with Gasteiger partial charge in [-0.05, 0) is 53.6 Å². The van der Waals surface area contributed by atoms with Gasteiger partial charge in [0.15, 0.2) is 5.17 Å². The van der Waals surface area contributed by atoms with Gasteiger partial charge in [0, 0.05) is 11.6 Å². The van der Waals surface area contributed by atoms with Gasteiger partial charge in [0.2, 0.25) is 0 Å². The lowest BCUT2D eigenvalue weighted by Crippen LogP contribution is -2.37. The van der Waals surface area contributed by atoms with E-state index >= 15 is 0 Å². The Morgan fingerprint density at radius 2 is 1.96 bits per heavy atom. The average Bonchev–Trinajstić information content (AvgIpc) is 3.07. The first kappa shape index (κ1) is 18.4. The molecular formula is C22H19N3O2S. The third-order valence-electron chi connectivity index (χ3n) is 4.42. The minimum Gasteiger partial charge on any atom is -0.394 e. The van der Waals surface area contributed by atoms with Crippen LogP contribution in [-0.2, 0) is 11.2 Å². The first-order chi connectivity index (χ1) is 13.7. The molecule has 2 aromatic carbocycles. The first-order valence-electron chi connectivity index (χ1n) is 9.00. The molecule has 2 N–H and O–H groups in total. The lowest BCUT2D eigenvalue weighted by Gasteiger charge is -2.16. The monoisotopic (exact) mass is 389 g/mol. The topological polar surface area (TPSA) is 74.6 Å². The van der Waals surface area contributed by atoms with Crippen LogP contribution in [0.5, 0.6) is 0 Å². The molecule has 1 aliphatic heterocycles. The molecule has 140 valence electrons. The maximum Gasteiger partial charge on any atom is 0.286 e. The molecular weight excluding hydrogens is 370 g/mol. The van der Waals surface area contributed by atoms with Crippen LogP contribution in [0.1, 0.15) is 11.1 Å². The van der Waals surface area contributed by atoms with Gasteiger partial charge < -0.3 is 10.4 Å². The average molecular weight is 389 g/mol. The number of amides is 1. The van der Waals surface area contributed by atoms with Gasteiger partial charge in [-0.1, -0.05) is 42.5 Å². The van der Waals surface area contributed by atoms with Crippen LogP contribution in [0.3, 0.4) is 0 Å². The molecule has 1 aromatic heterocycles. The molecule has 5 nitrogen and oxygen atoms in total. The molecule has 0 aliphatic carbocycles. The first-order valence-corrected chi connectivity index (χ1v) is 9.81. The molecule has 28 heavy (non-hydrogen) atoms. The highest BCUT2D eigenvalue weighted by atomic mass is 32.2. The Kier molecular flexibility index (Phi) is 5.50. The standard InChI is InChI=1S/C22H19N3O2S/c26-14-18(12-15-5-2-1-3-6-15)24-22-25-21(27)20(28-22)13-16-8-9-19-17(11-16)7-4-10-23-19/h1-11,13,18,26H,12,14H2,(H,24,25,27)/b20-13-/t18-/m1/s1. The molecule has 4 rings (SSSR count). The summed E-state index contributed by atoms with van der Waals surface area (Å²) in [5, 5.41) is 14.4. The van der Waals surface area contributed by atoms with Crippen molar-refractivity contribution in [3.63, 3.8) is 0 Å². The minimum atomic E-state index is -0.268. The van der Waals surface area contributed by atoms with E-state index in [9.17, 15) is 9.90 Å². The summed E-state index contributed by atoms with van der Waals surface area (Å²) in [5.41, 5.74) is 2.96. The highest BCUT2D eigenvalue weighted by molar-refractivity contribution is 8.18. The third kappa shape index (κ3) is 4.30. The van der Waals surface area contributed by atoms with Crippen molar-refractivity contribution in [2.24, 2.45) is 4.99 Å². The number of nitrogens with one attached hydrogen (secondary N) is 1. The molecule has 0 fully saturated rings. The molecule has 0 saturated carbocycles. The number of fused-ring (bicyclic) bond motifs is 1. The number of aliphatic hydroxyl groups is 1. The summed E-state index contributed by atoms with van der Waals surface area (Å²) in [4.78, 5) is 21.3. The fourth-order valence-corrected chi connectivity index (χ4v) is 3.93. The van der Waals surface area contributed by atoms with Gasteiger partial charge in [0.1, 0.15) is 0 Å². The number of rotatable bonds is 5. The van der Waals surface area contributed by atoms with Crippen molar-refractivity contribution in [3.05, 3.63) is 82.9 Å². The second kappa shape index (κ2) is 8.37. The number of nitrogens with zero attached hydrogens (tertiary/aromatic N) is 2. The van der Waals surface area contributed by atoms with Crippen LogP contribution >= 0.6 is 11.8 Å². The van der Waals surface area contributed by atoms with Crippen LogP contribution in [-0.4, -0.2) is 33.8 Å². The zero-order valence-electron chi connectivity index (χ0n) is 15.1. The fraction of sp³-hybridized carbons (Fsp3) is 0.136. The van der Waals surface area contributed by atoms with Crippen molar-refractivity contribution < 1.29 is 9.90 Å². The molecule has 0 spiro atoms. The number of aliphatic imine (C=N–C) groups is 1. The number of carbonyl (C=O) groups is 1. The van der Waals surface area contributed by atoms with Crippen molar-refractivity contribution in [1.29, 1.82) is 0 Å². The van der Waals surface area contributed by atoms with E-state index < -0.39 is 0 Å². The number of thioether (sulfide) groups is 1. The van der Waals surface area contributed by atoms with E-state index in [1.807, 2.05) is 66.7 Å². The van der Waals surface area contributed by atoms with Gasteiger partial charge in [0.05, 0.1) is 23.1 Å². The molecule has 1 amide bonds. The zero-order chi connectivity index (χ0) is 19.3. The fourth-order valence-electron chi connectivity index (χ4n) is 3.04. The second-order valence-electron chi connectivity index (χ2n) is 6.50. The number of amidine groups is 1. The molecule has 0 saturated heterocycles. The number of benzene rings is 2. The largest absolute Gasteiger partial charge is 0.394 e. The number of hydrogen-bond donors (Lipinski definition) is 2. The summed E-state index contributed by atoms with van der Waals surface area (Å²) >= 11 is 1.30. The van der Waals surface area contributed by atoms with Gasteiger partial charge in [-0.2, -0.15) is 4.99 Å². The van der Waals surface area contributed by atoms with E-state index in [1.165, 1.54) is 11.8 Å². The summed E-state index contributed by atoms with van der Waals surface area (Å²) in [7, 11) is 0. The van der Waals surface area contributed by atoms with E-state index in [1.54, 1.807) is 6.20 Å². The van der Waals surface area contributed by atoms with Gasteiger partial charge in [-0.3, -0.25) is 9.78 Å².